The summed E-state index contributed by atoms with van der Waals surface area (Å²) < 4.78 is 5.95. The Bertz CT molecular complexity index is 679. The molecule has 2 aliphatic carbocycles. The third-order valence-electron chi connectivity index (χ3n) is 6.87. The molecule has 0 heterocycles. The van der Waals surface area contributed by atoms with E-state index in [4.69, 9.17) is 4.74 Å². The number of fused-ring (bicyclic) bond motifs is 1. The summed E-state index contributed by atoms with van der Waals surface area (Å²) in [5, 5.41) is 30.3. The predicted molar refractivity (Wildman–Crippen MR) is 114 cm³/mol. The summed E-state index contributed by atoms with van der Waals surface area (Å²) in [6, 6.07) is 0. The molecule has 0 spiro atoms. The Hall–Kier alpha value is -1.50. The minimum Gasteiger partial charge on any atom is -0.461 e. The lowest BCUT2D eigenvalue weighted by molar-refractivity contribution is -0.165. The van der Waals surface area contributed by atoms with Crippen LogP contribution in [-0.2, 0) is 14.3 Å². The van der Waals surface area contributed by atoms with Crippen molar-refractivity contribution in [2.45, 2.75) is 91.1 Å². The smallest absolute Gasteiger partial charge is 0.311 e. The minimum atomic E-state index is -1.14. The van der Waals surface area contributed by atoms with Crippen LogP contribution in [0.3, 0.4) is 0 Å². The third kappa shape index (κ3) is 6.02. The fourth-order valence-electron chi connectivity index (χ4n) is 4.35. The van der Waals surface area contributed by atoms with Crippen LogP contribution in [0.2, 0.25) is 0 Å². The van der Waals surface area contributed by atoms with Gasteiger partial charge < -0.3 is 20.1 Å². The van der Waals surface area contributed by atoms with E-state index in [2.05, 4.69) is 13.0 Å². The monoisotopic (exact) mass is 422 g/mol. The van der Waals surface area contributed by atoms with Crippen LogP contribution in [0.15, 0.2) is 23.8 Å². The van der Waals surface area contributed by atoms with Crippen molar-refractivity contribution >= 4 is 11.8 Å². The molecule has 2 rings (SSSR count). The third-order valence-corrected chi connectivity index (χ3v) is 6.87. The van der Waals surface area contributed by atoms with Crippen molar-refractivity contribution in [3.05, 3.63) is 23.8 Å². The number of ether oxygens (including phenoxy) is 1. The van der Waals surface area contributed by atoms with Gasteiger partial charge in [-0.3, -0.25) is 9.59 Å². The summed E-state index contributed by atoms with van der Waals surface area (Å²) in [7, 11) is 0. The molecule has 0 saturated heterocycles. The molecule has 0 aliphatic heterocycles. The van der Waals surface area contributed by atoms with Gasteiger partial charge in [-0.05, 0) is 57.4 Å². The van der Waals surface area contributed by atoms with Gasteiger partial charge in [0.1, 0.15) is 12.2 Å². The van der Waals surface area contributed by atoms with Gasteiger partial charge in [0.05, 0.1) is 17.6 Å². The van der Waals surface area contributed by atoms with Gasteiger partial charge in [-0.15, -0.1) is 0 Å². The van der Waals surface area contributed by atoms with Crippen molar-refractivity contribution < 1.29 is 29.6 Å². The number of carbonyl (C=O) groups is 2. The van der Waals surface area contributed by atoms with E-state index in [1.54, 1.807) is 0 Å². The SMILES string of the molecule is CCC(C)(C)C(=O)O[C@H]1C[C@@H](O)C=C2C=C[C@H](C)[C@H](CC[C@@H](O)C[C@@H](O)C(C)=O)[C@H]21. The fraction of sp³-hybridized carbons (Fsp3) is 0.750. The van der Waals surface area contributed by atoms with E-state index in [9.17, 15) is 24.9 Å². The highest BCUT2D eigenvalue weighted by atomic mass is 16.5. The average molecular weight is 423 g/mol. The molecule has 30 heavy (non-hydrogen) atoms. The van der Waals surface area contributed by atoms with Crippen LogP contribution < -0.4 is 0 Å². The van der Waals surface area contributed by atoms with Crippen LogP contribution >= 0.6 is 0 Å². The maximum atomic E-state index is 12.7. The molecule has 0 radical (unpaired) electrons. The standard InChI is InChI=1S/C24H38O6/c1-6-24(4,5)23(29)30-21-13-18(27)11-16-8-7-14(2)19(22(16)21)10-9-17(26)12-20(28)15(3)25/h7-8,11,14,17-22,26-28H,6,9-10,12-13H2,1-5H3/t14-,17+,18-,19-,20+,21-,22-/m0/s1. The number of hydrogen-bond acceptors (Lipinski definition) is 6. The second kappa shape index (κ2) is 10.2. The summed E-state index contributed by atoms with van der Waals surface area (Å²) in [4.78, 5) is 24.0. The number of hydrogen-bond donors (Lipinski definition) is 3. The van der Waals surface area contributed by atoms with Gasteiger partial charge in [-0.25, -0.2) is 0 Å². The number of allylic oxidation sites excluding steroid dienone is 2. The maximum absolute atomic E-state index is 12.7. The molecule has 0 amide bonds. The molecule has 0 unspecified atom stereocenters. The van der Waals surface area contributed by atoms with Gasteiger partial charge in [0, 0.05) is 18.8 Å². The zero-order valence-electron chi connectivity index (χ0n) is 18.9. The van der Waals surface area contributed by atoms with Gasteiger partial charge in [0.25, 0.3) is 0 Å². The Morgan fingerprint density at radius 2 is 1.97 bits per heavy atom. The lowest BCUT2D eigenvalue weighted by Crippen LogP contribution is -2.44. The highest BCUT2D eigenvalue weighted by Gasteiger charge is 2.43. The first-order chi connectivity index (χ1) is 14.0. The van der Waals surface area contributed by atoms with Crippen molar-refractivity contribution in [3.63, 3.8) is 0 Å². The predicted octanol–water partition coefficient (Wildman–Crippen LogP) is 2.94. The lowest BCUT2D eigenvalue weighted by atomic mass is 9.66. The summed E-state index contributed by atoms with van der Waals surface area (Å²) >= 11 is 0. The van der Waals surface area contributed by atoms with Gasteiger partial charge in [0.15, 0.2) is 5.78 Å². The first-order valence-corrected chi connectivity index (χ1v) is 11.1. The number of Topliss-reactive ketones (excluding diaryl/α,β-unsaturated/α-hetero) is 1. The summed E-state index contributed by atoms with van der Waals surface area (Å²) in [6.45, 7) is 9.10. The van der Waals surface area contributed by atoms with E-state index in [0.717, 1.165) is 5.57 Å². The summed E-state index contributed by atoms with van der Waals surface area (Å²) in [5.74, 6) is -0.308. The largest absolute Gasteiger partial charge is 0.461 e. The molecule has 170 valence electrons. The molecule has 6 heteroatoms. The molecular weight excluding hydrogens is 384 g/mol. The number of aliphatic hydroxyl groups is 3. The quantitative estimate of drug-likeness (QED) is 0.494. The Morgan fingerprint density at radius 3 is 2.57 bits per heavy atom. The average Bonchev–Trinajstić information content (AvgIpc) is 2.67. The lowest BCUT2D eigenvalue weighted by Gasteiger charge is -2.43. The second-order valence-corrected chi connectivity index (χ2v) is 9.65. The van der Waals surface area contributed by atoms with E-state index in [0.29, 0.717) is 25.7 Å². The Kier molecular flexibility index (Phi) is 8.43. The Labute approximate surface area is 180 Å². The minimum absolute atomic E-state index is 0.0292. The highest BCUT2D eigenvalue weighted by Crippen LogP contribution is 2.44. The summed E-state index contributed by atoms with van der Waals surface area (Å²) in [6.07, 6.45) is 5.11. The maximum Gasteiger partial charge on any atom is 0.311 e. The number of rotatable bonds is 9. The van der Waals surface area contributed by atoms with Gasteiger partial charge >= 0.3 is 5.97 Å². The van der Waals surface area contributed by atoms with Crippen molar-refractivity contribution in [1.29, 1.82) is 0 Å². The topological polar surface area (TPSA) is 104 Å². The molecule has 0 saturated carbocycles. The number of esters is 1. The van der Waals surface area contributed by atoms with Crippen molar-refractivity contribution in [2.75, 3.05) is 0 Å². The molecule has 2 aliphatic rings. The molecule has 6 nitrogen and oxygen atoms in total. The molecule has 3 N–H and O–H groups in total. The normalized spacial score (nSPS) is 30.8. The summed E-state index contributed by atoms with van der Waals surface area (Å²) in [5.41, 5.74) is 0.388. The number of carbonyl (C=O) groups excluding carboxylic acids is 2. The molecular formula is C24H38O6. The van der Waals surface area contributed by atoms with Crippen LogP contribution in [0.25, 0.3) is 0 Å². The van der Waals surface area contributed by atoms with Crippen LogP contribution in [0.5, 0.6) is 0 Å². The van der Waals surface area contributed by atoms with E-state index in [1.807, 2.05) is 32.9 Å². The van der Waals surface area contributed by atoms with Crippen molar-refractivity contribution in [2.24, 2.45) is 23.2 Å². The first kappa shape index (κ1) is 24.8. The molecule has 0 fully saturated rings. The van der Waals surface area contributed by atoms with Crippen LogP contribution in [0.1, 0.15) is 66.7 Å². The zero-order chi connectivity index (χ0) is 22.6. The molecule has 0 bridgehead atoms. The first-order valence-electron chi connectivity index (χ1n) is 11.1. The van der Waals surface area contributed by atoms with Gasteiger partial charge in [-0.1, -0.05) is 32.1 Å². The molecule has 0 aromatic heterocycles. The molecule has 7 atom stereocenters. The number of ketones is 1. The van der Waals surface area contributed by atoms with Crippen molar-refractivity contribution in [1.82, 2.24) is 0 Å². The fourth-order valence-corrected chi connectivity index (χ4v) is 4.35. The van der Waals surface area contributed by atoms with Crippen LogP contribution in [-0.4, -0.2) is 51.5 Å². The van der Waals surface area contributed by atoms with E-state index in [-0.39, 0.29) is 35.9 Å². The van der Waals surface area contributed by atoms with Gasteiger partial charge in [-0.2, -0.15) is 0 Å². The van der Waals surface area contributed by atoms with E-state index >= 15 is 0 Å². The van der Waals surface area contributed by atoms with Crippen LogP contribution in [0, 0.1) is 23.2 Å². The zero-order valence-corrected chi connectivity index (χ0v) is 18.9. The Balaban J connectivity index is 2.16. The molecule has 0 aromatic carbocycles. The Morgan fingerprint density at radius 1 is 1.30 bits per heavy atom. The van der Waals surface area contributed by atoms with E-state index in [1.165, 1.54) is 6.92 Å². The number of aliphatic hydroxyl groups excluding tert-OH is 3. The van der Waals surface area contributed by atoms with E-state index < -0.39 is 29.8 Å². The van der Waals surface area contributed by atoms with Gasteiger partial charge in [0.2, 0.25) is 0 Å². The molecule has 0 aromatic rings. The highest BCUT2D eigenvalue weighted by molar-refractivity contribution is 5.80. The second-order valence-electron chi connectivity index (χ2n) is 9.65. The van der Waals surface area contributed by atoms with Crippen LogP contribution in [0.4, 0.5) is 0 Å². The van der Waals surface area contributed by atoms with Crippen molar-refractivity contribution in [3.8, 4) is 0 Å².